The van der Waals surface area contributed by atoms with E-state index >= 15 is 0 Å². The normalized spacial score (nSPS) is 20.6. The van der Waals surface area contributed by atoms with E-state index < -0.39 is 42.7 Å². The van der Waals surface area contributed by atoms with Gasteiger partial charge in [-0.2, -0.15) is 8.78 Å². The largest absolute Gasteiger partial charge is 0.459 e. The first-order valence-corrected chi connectivity index (χ1v) is 8.47. The molecular weight excluding hydrogens is 335 g/mol. The van der Waals surface area contributed by atoms with Crippen LogP contribution in [0.4, 0.5) is 13.6 Å². The minimum Gasteiger partial charge on any atom is -0.444 e. The molecule has 0 bridgehead atoms. The fourth-order valence-corrected chi connectivity index (χ4v) is 2.32. The highest BCUT2D eigenvalue weighted by Gasteiger charge is 2.51. The smallest absolute Gasteiger partial charge is 0.444 e. The molecule has 1 aliphatic rings. The number of carbonyl (C=O) groups excluding carboxylic acids is 1. The molecule has 25 heavy (non-hydrogen) atoms. The van der Waals surface area contributed by atoms with Crippen molar-refractivity contribution in [3.05, 3.63) is 0 Å². The van der Waals surface area contributed by atoms with E-state index in [-0.39, 0.29) is 13.0 Å². The second-order valence-corrected chi connectivity index (χ2v) is 8.18. The van der Waals surface area contributed by atoms with Crippen LogP contribution in [0, 0.1) is 0 Å². The van der Waals surface area contributed by atoms with Crippen LogP contribution in [0.1, 0.15) is 54.9 Å². The van der Waals surface area contributed by atoms with Gasteiger partial charge in [0.15, 0.2) is 0 Å². The number of alkyl halides is 2. The van der Waals surface area contributed by atoms with E-state index in [4.69, 9.17) is 14.0 Å². The molecule has 0 unspecified atom stereocenters. The molecule has 1 N–H and O–H groups in total. The molecule has 1 aliphatic heterocycles. The van der Waals surface area contributed by atoms with Gasteiger partial charge in [-0.05, 0) is 54.9 Å². The van der Waals surface area contributed by atoms with Gasteiger partial charge in [0.1, 0.15) is 5.60 Å². The van der Waals surface area contributed by atoms with Crippen LogP contribution in [0.25, 0.3) is 0 Å². The summed E-state index contributed by atoms with van der Waals surface area (Å²) in [6, 6.07) is -0.483. The van der Waals surface area contributed by atoms with E-state index in [1.807, 2.05) is 27.7 Å². The molecule has 1 rings (SSSR count). The zero-order valence-corrected chi connectivity index (χ0v) is 16.2. The van der Waals surface area contributed by atoms with Gasteiger partial charge in [-0.3, -0.25) is 0 Å². The fourth-order valence-electron chi connectivity index (χ4n) is 2.32. The molecule has 9 heteroatoms. The summed E-state index contributed by atoms with van der Waals surface area (Å²) < 4.78 is 45.7. The van der Waals surface area contributed by atoms with Crippen molar-refractivity contribution < 1.29 is 32.4 Å². The maximum Gasteiger partial charge on any atom is 0.459 e. The van der Waals surface area contributed by atoms with Gasteiger partial charge in [-0.25, -0.2) is 4.79 Å². The number of halogens is 2. The van der Waals surface area contributed by atoms with E-state index in [1.165, 1.54) is 0 Å². The Balaban J connectivity index is 2.66. The number of hydrogen-bond acceptors (Lipinski definition) is 5. The average molecular weight is 365 g/mol. The molecule has 0 radical (unpaired) electrons. The summed E-state index contributed by atoms with van der Waals surface area (Å²) in [5, 5.41) is 2.68. The van der Waals surface area contributed by atoms with E-state index in [2.05, 4.69) is 10.1 Å². The third kappa shape index (κ3) is 7.46. The zero-order chi connectivity index (χ0) is 19.5. The molecular formula is C16H30BF2NO5. The Morgan fingerprint density at radius 1 is 1.16 bits per heavy atom. The minimum absolute atomic E-state index is 0.188. The van der Waals surface area contributed by atoms with Gasteiger partial charge in [0, 0.05) is 12.4 Å². The molecule has 1 saturated heterocycles. The molecule has 1 atom stereocenters. The highest BCUT2D eigenvalue weighted by molar-refractivity contribution is 6.45. The minimum atomic E-state index is -2.85. The Kier molecular flexibility index (Phi) is 7.24. The van der Waals surface area contributed by atoms with Crippen LogP contribution in [0.15, 0.2) is 0 Å². The number of carbonyl (C=O) groups is 1. The van der Waals surface area contributed by atoms with Gasteiger partial charge in [0.2, 0.25) is 0 Å². The third-order valence-electron chi connectivity index (χ3n) is 4.21. The van der Waals surface area contributed by atoms with Crippen LogP contribution in [0.3, 0.4) is 0 Å². The number of nitrogens with one attached hydrogen (secondary N) is 1. The van der Waals surface area contributed by atoms with Crippen LogP contribution >= 0.6 is 0 Å². The van der Waals surface area contributed by atoms with Gasteiger partial charge in [-0.15, -0.1) is 0 Å². The number of hydrogen-bond donors (Lipinski definition) is 1. The Labute approximate surface area is 149 Å². The lowest BCUT2D eigenvalue weighted by Crippen LogP contribution is -2.42. The second-order valence-electron chi connectivity index (χ2n) is 8.18. The molecule has 146 valence electrons. The van der Waals surface area contributed by atoms with Crippen LogP contribution < -0.4 is 5.32 Å². The SMILES string of the molecule is CC(C)(C)OC(=O)N[C@@H](CCOC(F)F)CB1OC(C)(C)C(C)(C)O1. The number of alkyl carbamates (subject to hydrolysis) is 1. The predicted molar refractivity (Wildman–Crippen MR) is 90.6 cm³/mol. The molecule has 1 amide bonds. The van der Waals surface area contributed by atoms with Crippen molar-refractivity contribution in [2.75, 3.05) is 6.61 Å². The summed E-state index contributed by atoms with van der Waals surface area (Å²) in [5.41, 5.74) is -1.67. The lowest BCUT2D eigenvalue weighted by Gasteiger charge is -2.32. The zero-order valence-electron chi connectivity index (χ0n) is 16.2. The van der Waals surface area contributed by atoms with Crippen molar-refractivity contribution in [1.29, 1.82) is 0 Å². The molecule has 0 aromatic carbocycles. The molecule has 0 spiro atoms. The van der Waals surface area contributed by atoms with Crippen LogP contribution in [-0.2, 0) is 18.8 Å². The molecule has 1 fully saturated rings. The summed E-state index contributed by atoms with van der Waals surface area (Å²) in [6.45, 7) is 9.87. The predicted octanol–water partition coefficient (Wildman–Crippen LogP) is 3.60. The molecule has 0 aromatic rings. The summed E-state index contributed by atoms with van der Waals surface area (Å²) in [4.78, 5) is 12.0. The first kappa shape index (κ1) is 22.1. The fraction of sp³-hybridized carbons (Fsp3) is 0.938. The van der Waals surface area contributed by atoms with Crippen molar-refractivity contribution in [2.45, 2.75) is 90.7 Å². The maximum atomic E-state index is 12.2. The quantitative estimate of drug-likeness (QED) is 0.699. The summed E-state index contributed by atoms with van der Waals surface area (Å²) in [6.07, 6.45) is -0.127. The highest BCUT2D eigenvalue weighted by Crippen LogP contribution is 2.38. The lowest BCUT2D eigenvalue weighted by atomic mass is 9.79. The number of rotatable bonds is 7. The van der Waals surface area contributed by atoms with Crippen molar-refractivity contribution in [3.8, 4) is 0 Å². The maximum absolute atomic E-state index is 12.2. The van der Waals surface area contributed by atoms with E-state index in [1.54, 1.807) is 20.8 Å². The Morgan fingerprint density at radius 3 is 2.12 bits per heavy atom. The Bertz CT molecular complexity index is 438. The van der Waals surface area contributed by atoms with Gasteiger partial charge in [-0.1, -0.05) is 0 Å². The number of amides is 1. The Hall–Kier alpha value is -0.925. The van der Waals surface area contributed by atoms with Gasteiger partial charge < -0.3 is 24.1 Å². The van der Waals surface area contributed by atoms with Gasteiger partial charge >= 0.3 is 19.8 Å². The van der Waals surface area contributed by atoms with Crippen molar-refractivity contribution in [1.82, 2.24) is 5.32 Å². The molecule has 0 aliphatic carbocycles. The lowest BCUT2D eigenvalue weighted by molar-refractivity contribution is -0.130. The molecule has 6 nitrogen and oxygen atoms in total. The van der Waals surface area contributed by atoms with Crippen molar-refractivity contribution >= 4 is 13.2 Å². The summed E-state index contributed by atoms with van der Waals surface area (Å²) in [7, 11) is -0.559. The highest BCUT2D eigenvalue weighted by atomic mass is 19.3. The summed E-state index contributed by atoms with van der Waals surface area (Å²) >= 11 is 0. The Morgan fingerprint density at radius 2 is 1.68 bits per heavy atom. The van der Waals surface area contributed by atoms with E-state index in [9.17, 15) is 13.6 Å². The van der Waals surface area contributed by atoms with Gasteiger partial charge in [0.05, 0.1) is 17.8 Å². The average Bonchev–Trinajstić information content (AvgIpc) is 2.53. The van der Waals surface area contributed by atoms with E-state index in [0.717, 1.165) is 0 Å². The van der Waals surface area contributed by atoms with Crippen molar-refractivity contribution in [3.63, 3.8) is 0 Å². The molecule has 0 saturated carbocycles. The second kappa shape index (κ2) is 8.18. The topological polar surface area (TPSA) is 66.0 Å². The number of ether oxygens (including phenoxy) is 2. The first-order chi connectivity index (χ1) is 11.2. The summed E-state index contributed by atoms with van der Waals surface area (Å²) in [5.74, 6) is 0. The third-order valence-corrected chi connectivity index (χ3v) is 4.21. The monoisotopic (exact) mass is 365 g/mol. The van der Waals surface area contributed by atoms with Crippen molar-refractivity contribution in [2.24, 2.45) is 0 Å². The first-order valence-electron chi connectivity index (χ1n) is 8.47. The van der Waals surface area contributed by atoms with Crippen LogP contribution in [0.5, 0.6) is 0 Å². The molecule has 1 heterocycles. The van der Waals surface area contributed by atoms with Crippen LogP contribution in [-0.4, -0.2) is 49.3 Å². The standard InChI is InChI=1S/C16H30BF2NO5/c1-14(2,3)23-13(21)20-11(8-9-22-12(18)19)10-17-24-15(4,5)16(6,7)25-17/h11-12H,8-10H2,1-7H3,(H,20,21)/t11-/m0/s1. The molecule has 0 aromatic heterocycles. The van der Waals surface area contributed by atoms with Crippen LogP contribution in [0.2, 0.25) is 6.32 Å². The van der Waals surface area contributed by atoms with E-state index in [0.29, 0.717) is 6.32 Å². The van der Waals surface area contributed by atoms with Gasteiger partial charge in [0.25, 0.3) is 0 Å².